The highest BCUT2D eigenvalue weighted by atomic mass is 19.3. The molecule has 120 valence electrons. The van der Waals surface area contributed by atoms with Gasteiger partial charge in [-0.15, -0.1) is 0 Å². The first kappa shape index (κ1) is 15.7. The van der Waals surface area contributed by atoms with Gasteiger partial charge in [0.25, 0.3) is 0 Å². The minimum Gasteiger partial charge on any atom is -0.206 e. The number of fused-ring (bicyclic) bond motifs is 1. The van der Waals surface area contributed by atoms with Crippen LogP contribution in [0.1, 0.15) is 18.1 Å². The smallest absolute Gasteiger partial charge is 0.206 e. The van der Waals surface area contributed by atoms with Crippen LogP contribution in [0.15, 0.2) is 48.1 Å². The molecule has 1 aliphatic carbocycles. The normalized spacial score (nSPS) is 19.4. The Morgan fingerprint density at radius 3 is 2.22 bits per heavy atom. The minimum absolute atomic E-state index is 0.124. The van der Waals surface area contributed by atoms with Gasteiger partial charge in [0.05, 0.1) is 0 Å². The Bertz CT molecular complexity index is 859. The van der Waals surface area contributed by atoms with Crippen molar-refractivity contribution >= 4 is 16.3 Å². The van der Waals surface area contributed by atoms with Crippen LogP contribution in [0, 0.1) is 12.7 Å². The standard InChI is InChI=1S/C18H13F5/c1-10-3-6-13-12(9-10)5-7-14(16(13)19)15-8-4-11(2)17(20,21)18(15,22)23/h3-9H,1-2H3. The van der Waals surface area contributed by atoms with Gasteiger partial charge in [0.1, 0.15) is 5.82 Å². The summed E-state index contributed by atoms with van der Waals surface area (Å²) in [5.41, 5.74) is -1.37. The van der Waals surface area contributed by atoms with E-state index in [2.05, 4.69) is 0 Å². The number of allylic oxidation sites excluding steroid dienone is 4. The van der Waals surface area contributed by atoms with E-state index in [1.807, 2.05) is 6.92 Å². The Kier molecular flexibility index (Phi) is 3.36. The summed E-state index contributed by atoms with van der Waals surface area (Å²) >= 11 is 0. The van der Waals surface area contributed by atoms with Crippen LogP contribution in [0.5, 0.6) is 0 Å². The maximum Gasteiger partial charge on any atom is 0.340 e. The summed E-state index contributed by atoms with van der Waals surface area (Å²) in [6, 6.07) is 7.39. The number of benzene rings is 2. The van der Waals surface area contributed by atoms with E-state index in [1.54, 1.807) is 12.1 Å². The van der Waals surface area contributed by atoms with Crippen LogP contribution in [0.2, 0.25) is 0 Å². The molecular formula is C18H13F5. The van der Waals surface area contributed by atoms with E-state index in [0.29, 0.717) is 5.39 Å². The zero-order valence-electron chi connectivity index (χ0n) is 12.4. The molecule has 23 heavy (non-hydrogen) atoms. The highest BCUT2D eigenvalue weighted by Gasteiger charge is 2.61. The predicted octanol–water partition coefficient (Wildman–Crippen LogP) is 5.90. The van der Waals surface area contributed by atoms with Gasteiger partial charge in [-0.2, -0.15) is 17.6 Å². The van der Waals surface area contributed by atoms with Crippen LogP contribution < -0.4 is 0 Å². The highest BCUT2D eigenvalue weighted by Crippen LogP contribution is 2.51. The molecule has 0 unspecified atom stereocenters. The predicted molar refractivity (Wildman–Crippen MR) is 80.3 cm³/mol. The summed E-state index contributed by atoms with van der Waals surface area (Å²) in [6.07, 6.45) is 1.77. The first-order chi connectivity index (χ1) is 10.7. The summed E-state index contributed by atoms with van der Waals surface area (Å²) in [5.74, 6) is -9.73. The van der Waals surface area contributed by atoms with Crippen LogP contribution in [-0.4, -0.2) is 11.8 Å². The zero-order valence-corrected chi connectivity index (χ0v) is 12.4. The van der Waals surface area contributed by atoms with E-state index in [-0.39, 0.29) is 5.39 Å². The van der Waals surface area contributed by atoms with E-state index < -0.39 is 34.4 Å². The third-order valence-electron chi connectivity index (χ3n) is 4.13. The molecule has 0 radical (unpaired) electrons. The molecule has 0 bridgehead atoms. The van der Waals surface area contributed by atoms with E-state index in [4.69, 9.17) is 0 Å². The Balaban J connectivity index is 2.25. The summed E-state index contributed by atoms with van der Waals surface area (Å²) in [6.45, 7) is 2.75. The Morgan fingerprint density at radius 1 is 0.826 bits per heavy atom. The van der Waals surface area contributed by atoms with Crippen molar-refractivity contribution in [1.29, 1.82) is 0 Å². The van der Waals surface area contributed by atoms with Gasteiger partial charge in [0, 0.05) is 22.1 Å². The van der Waals surface area contributed by atoms with Gasteiger partial charge in [-0.1, -0.05) is 48.0 Å². The van der Waals surface area contributed by atoms with E-state index in [1.165, 1.54) is 12.1 Å². The minimum atomic E-state index is -4.47. The third kappa shape index (κ3) is 2.18. The molecular weight excluding hydrogens is 311 g/mol. The molecule has 0 aliphatic heterocycles. The maximum atomic E-state index is 14.6. The average Bonchev–Trinajstić information content (AvgIpc) is 2.47. The van der Waals surface area contributed by atoms with E-state index in [0.717, 1.165) is 30.7 Å². The van der Waals surface area contributed by atoms with Crippen molar-refractivity contribution in [2.24, 2.45) is 0 Å². The molecule has 0 aromatic heterocycles. The maximum absolute atomic E-state index is 14.6. The molecule has 1 aliphatic rings. The Hall–Kier alpha value is -2.17. The Labute approximate surface area is 129 Å². The summed E-state index contributed by atoms with van der Waals surface area (Å²) < 4.78 is 70.7. The number of halogens is 5. The van der Waals surface area contributed by atoms with Gasteiger partial charge >= 0.3 is 11.8 Å². The monoisotopic (exact) mass is 324 g/mol. The number of hydrogen-bond donors (Lipinski definition) is 0. The molecule has 0 spiro atoms. The molecule has 0 amide bonds. The lowest BCUT2D eigenvalue weighted by Gasteiger charge is -2.32. The number of hydrogen-bond acceptors (Lipinski definition) is 0. The van der Waals surface area contributed by atoms with Crippen molar-refractivity contribution < 1.29 is 22.0 Å². The molecule has 0 saturated carbocycles. The lowest BCUT2D eigenvalue weighted by molar-refractivity contribution is -0.148. The molecule has 2 aromatic rings. The van der Waals surface area contributed by atoms with Crippen LogP contribution in [0.3, 0.4) is 0 Å². The van der Waals surface area contributed by atoms with Crippen molar-refractivity contribution in [1.82, 2.24) is 0 Å². The highest BCUT2D eigenvalue weighted by molar-refractivity contribution is 5.89. The second-order valence-corrected chi connectivity index (χ2v) is 5.73. The summed E-state index contributed by atoms with van der Waals surface area (Å²) in [4.78, 5) is 0. The first-order valence-electron chi connectivity index (χ1n) is 7.00. The molecule has 0 fully saturated rings. The Morgan fingerprint density at radius 2 is 1.52 bits per heavy atom. The molecule has 0 heterocycles. The number of alkyl halides is 4. The SMILES string of the molecule is CC1=CC=C(c2ccc3cc(C)ccc3c2F)C(F)(F)C1(F)F. The molecule has 5 heteroatoms. The molecule has 0 saturated heterocycles. The van der Waals surface area contributed by atoms with E-state index in [9.17, 15) is 22.0 Å². The third-order valence-corrected chi connectivity index (χ3v) is 4.13. The molecule has 0 nitrogen and oxygen atoms in total. The second kappa shape index (κ2) is 4.91. The van der Waals surface area contributed by atoms with Gasteiger partial charge in [-0.3, -0.25) is 0 Å². The van der Waals surface area contributed by atoms with Crippen molar-refractivity contribution in [2.45, 2.75) is 25.7 Å². The topological polar surface area (TPSA) is 0 Å². The molecule has 3 rings (SSSR count). The first-order valence-corrected chi connectivity index (χ1v) is 7.00. The van der Waals surface area contributed by atoms with Gasteiger partial charge in [-0.25, -0.2) is 4.39 Å². The molecule has 0 atom stereocenters. The van der Waals surface area contributed by atoms with Crippen molar-refractivity contribution in [3.8, 4) is 0 Å². The van der Waals surface area contributed by atoms with Gasteiger partial charge in [0.2, 0.25) is 0 Å². The molecule has 0 N–H and O–H groups in total. The largest absolute Gasteiger partial charge is 0.340 e. The van der Waals surface area contributed by atoms with Gasteiger partial charge in [-0.05, 0) is 19.2 Å². The van der Waals surface area contributed by atoms with Crippen molar-refractivity contribution in [3.63, 3.8) is 0 Å². The lowest BCUT2D eigenvalue weighted by Crippen LogP contribution is -2.44. The lowest BCUT2D eigenvalue weighted by atomic mass is 9.86. The average molecular weight is 324 g/mol. The number of rotatable bonds is 1. The fraction of sp³-hybridized carbons (Fsp3) is 0.222. The van der Waals surface area contributed by atoms with E-state index >= 15 is 0 Å². The quantitative estimate of drug-likeness (QED) is 0.573. The summed E-state index contributed by atoms with van der Waals surface area (Å²) in [7, 11) is 0. The number of aryl methyl sites for hydroxylation is 1. The van der Waals surface area contributed by atoms with Crippen LogP contribution in [0.25, 0.3) is 16.3 Å². The van der Waals surface area contributed by atoms with Gasteiger partial charge in [0.15, 0.2) is 0 Å². The zero-order chi connectivity index (χ0) is 17.0. The van der Waals surface area contributed by atoms with Crippen LogP contribution >= 0.6 is 0 Å². The van der Waals surface area contributed by atoms with Crippen LogP contribution in [0.4, 0.5) is 22.0 Å². The van der Waals surface area contributed by atoms with Crippen molar-refractivity contribution in [3.05, 3.63) is 65.0 Å². The van der Waals surface area contributed by atoms with Gasteiger partial charge < -0.3 is 0 Å². The molecule has 2 aromatic carbocycles. The second-order valence-electron chi connectivity index (χ2n) is 5.73. The van der Waals surface area contributed by atoms with Crippen molar-refractivity contribution in [2.75, 3.05) is 0 Å². The van der Waals surface area contributed by atoms with Crippen LogP contribution in [-0.2, 0) is 0 Å². The summed E-state index contributed by atoms with van der Waals surface area (Å²) in [5, 5.41) is 0.656. The fourth-order valence-electron chi connectivity index (χ4n) is 2.71. The fourth-order valence-corrected chi connectivity index (χ4v) is 2.71.